The summed E-state index contributed by atoms with van der Waals surface area (Å²) in [4.78, 5) is 2.50. The third kappa shape index (κ3) is 4.54. The average molecular weight is 242 g/mol. The van der Waals surface area contributed by atoms with Crippen LogP contribution in [0.15, 0.2) is 0 Å². The molecule has 1 N–H and O–H groups in total. The molecule has 2 aliphatic rings. The molecule has 0 bridgehead atoms. The normalized spacial score (nSPS) is 25.2. The molecule has 0 radical (unpaired) electrons. The highest BCUT2D eigenvalue weighted by Crippen LogP contribution is 2.13. The number of hydrogen-bond acceptors (Lipinski definition) is 4. The van der Waals surface area contributed by atoms with E-state index in [2.05, 4.69) is 10.2 Å². The number of likely N-dealkylation sites (tertiary alicyclic amines) is 1. The minimum Gasteiger partial charge on any atom is -0.381 e. The van der Waals surface area contributed by atoms with Crippen LogP contribution in [0.3, 0.4) is 0 Å². The number of rotatable bonds is 5. The van der Waals surface area contributed by atoms with Gasteiger partial charge >= 0.3 is 0 Å². The molecular weight excluding hydrogens is 216 g/mol. The van der Waals surface area contributed by atoms with Crippen LogP contribution in [0.4, 0.5) is 0 Å². The first-order chi connectivity index (χ1) is 8.38. The lowest BCUT2D eigenvalue weighted by molar-refractivity contribution is 0.00152. The van der Waals surface area contributed by atoms with E-state index >= 15 is 0 Å². The van der Waals surface area contributed by atoms with Crippen LogP contribution < -0.4 is 5.32 Å². The molecule has 17 heavy (non-hydrogen) atoms. The SMILES string of the molecule is COC1CCN(CCOC2CCNCC2)CC1. The van der Waals surface area contributed by atoms with Crippen molar-refractivity contribution in [3.63, 3.8) is 0 Å². The van der Waals surface area contributed by atoms with Crippen LogP contribution in [0.1, 0.15) is 25.7 Å². The third-order valence-electron chi connectivity index (χ3n) is 3.92. The zero-order chi connectivity index (χ0) is 11.9. The Morgan fingerprint density at radius 1 is 1.06 bits per heavy atom. The average Bonchev–Trinajstić information content (AvgIpc) is 2.41. The molecule has 0 aromatic rings. The van der Waals surface area contributed by atoms with E-state index in [1.807, 2.05) is 7.11 Å². The van der Waals surface area contributed by atoms with Crippen molar-refractivity contribution in [2.24, 2.45) is 0 Å². The monoisotopic (exact) mass is 242 g/mol. The number of ether oxygens (including phenoxy) is 2. The van der Waals surface area contributed by atoms with Crippen LogP contribution in [0.2, 0.25) is 0 Å². The first kappa shape index (κ1) is 13.3. The molecule has 100 valence electrons. The third-order valence-corrected chi connectivity index (χ3v) is 3.92. The van der Waals surface area contributed by atoms with Crippen molar-refractivity contribution in [3.8, 4) is 0 Å². The topological polar surface area (TPSA) is 33.7 Å². The van der Waals surface area contributed by atoms with Crippen LogP contribution in [0.25, 0.3) is 0 Å². The number of nitrogens with zero attached hydrogens (tertiary/aromatic N) is 1. The van der Waals surface area contributed by atoms with E-state index in [1.165, 1.54) is 25.7 Å². The molecular formula is C13H26N2O2. The van der Waals surface area contributed by atoms with Crippen molar-refractivity contribution < 1.29 is 9.47 Å². The van der Waals surface area contributed by atoms with Gasteiger partial charge in [-0.25, -0.2) is 0 Å². The van der Waals surface area contributed by atoms with Gasteiger partial charge in [-0.2, -0.15) is 0 Å². The molecule has 0 saturated carbocycles. The molecule has 0 amide bonds. The van der Waals surface area contributed by atoms with Crippen molar-refractivity contribution in [2.75, 3.05) is 46.4 Å². The van der Waals surface area contributed by atoms with Gasteiger partial charge in [-0.1, -0.05) is 0 Å². The lowest BCUT2D eigenvalue weighted by atomic mass is 10.1. The highest BCUT2D eigenvalue weighted by atomic mass is 16.5. The fraction of sp³-hybridized carbons (Fsp3) is 1.00. The summed E-state index contributed by atoms with van der Waals surface area (Å²) < 4.78 is 11.3. The minimum atomic E-state index is 0.483. The predicted molar refractivity (Wildman–Crippen MR) is 68.3 cm³/mol. The second kappa shape index (κ2) is 7.31. The smallest absolute Gasteiger partial charge is 0.0600 e. The minimum absolute atomic E-state index is 0.483. The maximum Gasteiger partial charge on any atom is 0.0600 e. The molecule has 2 fully saturated rings. The van der Waals surface area contributed by atoms with Gasteiger partial charge in [0.05, 0.1) is 18.8 Å². The van der Waals surface area contributed by atoms with Gasteiger partial charge in [0.2, 0.25) is 0 Å². The summed E-state index contributed by atoms with van der Waals surface area (Å²) in [5, 5.41) is 3.36. The van der Waals surface area contributed by atoms with Crippen LogP contribution in [-0.4, -0.2) is 63.5 Å². The van der Waals surface area contributed by atoms with E-state index in [1.54, 1.807) is 0 Å². The highest BCUT2D eigenvalue weighted by molar-refractivity contribution is 4.73. The fourth-order valence-electron chi connectivity index (χ4n) is 2.68. The van der Waals surface area contributed by atoms with E-state index in [0.717, 1.165) is 39.3 Å². The maximum absolute atomic E-state index is 5.93. The molecule has 2 saturated heterocycles. The zero-order valence-corrected chi connectivity index (χ0v) is 11.0. The summed E-state index contributed by atoms with van der Waals surface area (Å²) in [6.07, 6.45) is 5.66. The van der Waals surface area contributed by atoms with Gasteiger partial charge in [0, 0.05) is 26.7 Å². The van der Waals surface area contributed by atoms with Crippen molar-refractivity contribution in [1.29, 1.82) is 0 Å². The Kier molecular flexibility index (Phi) is 5.71. The summed E-state index contributed by atoms with van der Waals surface area (Å²) in [6, 6.07) is 0. The largest absolute Gasteiger partial charge is 0.381 e. The van der Waals surface area contributed by atoms with Crippen LogP contribution in [0, 0.1) is 0 Å². The van der Waals surface area contributed by atoms with Crippen LogP contribution in [0.5, 0.6) is 0 Å². The summed E-state index contributed by atoms with van der Waals surface area (Å²) in [7, 11) is 1.82. The summed E-state index contributed by atoms with van der Waals surface area (Å²) in [5.74, 6) is 0. The Balaban J connectivity index is 1.53. The van der Waals surface area contributed by atoms with Gasteiger partial charge in [-0.3, -0.25) is 0 Å². The van der Waals surface area contributed by atoms with Gasteiger partial charge in [-0.15, -0.1) is 0 Å². The van der Waals surface area contributed by atoms with Gasteiger partial charge in [0.25, 0.3) is 0 Å². The first-order valence-corrected chi connectivity index (χ1v) is 6.96. The van der Waals surface area contributed by atoms with Gasteiger partial charge in [-0.05, 0) is 38.8 Å². The first-order valence-electron chi connectivity index (χ1n) is 6.96. The molecule has 2 rings (SSSR count). The van der Waals surface area contributed by atoms with Crippen molar-refractivity contribution in [2.45, 2.75) is 37.9 Å². The predicted octanol–water partition coefficient (Wildman–Crippen LogP) is 0.866. The lowest BCUT2D eigenvalue weighted by Crippen LogP contribution is -2.39. The van der Waals surface area contributed by atoms with Gasteiger partial charge in [0.15, 0.2) is 0 Å². The molecule has 0 aromatic carbocycles. The Labute approximate surface area is 105 Å². The molecule has 0 aromatic heterocycles. The van der Waals surface area contributed by atoms with Crippen molar-refractivity contribution in [1.82, 2.24) is 10.2 Å². The standard InChI is InChI=1S/C13H26N2O2/c1-16-12-4-8-15(9-5-12)10-11-17-13-2-6-14-7-3-13/h12-14H,2-11H2,1H3. The molecule has 0 unspecified atom stereocenters. The quantitative estimate of drug-likeness (QED) is 0.775. The highest BCUT2D eigenvalue weighted by Gasteiger charge is 2.19. The van der Waals surface area contributed by atoms with E-state index in [-0.39, 0.29) is 0 Å². The molecule has 4 nitrogen and oxygen atoms in total. The second-order valence-electron chi connectivity index (χ2n) is 5.10. The summed E-state index contributed by atoms with van der Waals surface area (Å²) in [5.41, 5.74) is 0. The summed E-state index contributed by atoms with van der Waals surface area (Å²) >= 11 is 0. The Morgan fingerprint density at radius 2 is 1.76 bits per heavy atom. The molecule has 0 aliphatic carbocycles. The Morgan fingerprint density at radius 3 is 2.41 bits per heavy atom. The second-order valence-corrected chi connectivity index (χ2v) is 5.10. The fourth-order valence-corrected chi connectivity index (χ4v) is 2.68. The molecule has 2 aliphatic heterocycles. The van der Waals surface area contributed by atoms with Crippen molar-refractivity contribution >= 4 is 0 Å². The number of methoxy groups -OCH3 is 1. The zero-order valence-electron chi connectivity index (χ0n) is 11.0. The number of nitrogens with one attached hydrogen (secondary N) is 1. The van der Waals surface area contributed by atoms with Crippen molar-refractivity contribution in [3.05, 3.63) is 0 Å². The van der Waals surface area contributed by atoms with E-state index in [0.29, 0.717) is 12.2 Å². The van der Waals surface area contributed by atoms with Gasteiger partial charge in [0.1, 0.15) is 0 Å². The molecule has 0 atom stereocenters. The van der Waals surface area contributed by atoms with Crippen LogP contribution in [-0.2, 0) is 9.47 Å². The Hall–Kier alpha value is -0.160. The molecule has 2 heterocycles. The summed E-state index contributed by atoms with van der Waals surface area (Å²) in [6.45, 7) is 6.53. The van der Waals surface area contributed by atoms with E-state index in [9.17, 15) is 0 Å². The maximum atomic E-state index is 5.93. The van der Waals surface area contributed by atoms with Gasteiger partial charge < -0.3 is 19.7 Å². The van der Waals surface area contributed by atoms with Crippen LogP contribution >= 0.6 is 0 Å². The molecule has 0 spiro atoms. The van der Waals surface area contributed by atoms with E-state index < -0.39 is 0 Å². The lowest BCUT2D eigenvalue weighted by Gasteiger charge is -2.31. The number of piperidine rings is 2. The van der Waals surface area contributed by atoms with E-state index in [4.69, 9.17) is 9.47 Å². The Bertz CT molecular complexity index is 200. The molecule has 4 heteroatoms. The number of hydrogen-bond donors (Lipinski definition) is 1.